The Labute approximate surface area is 203 Å². The number of para-hydroxylation sites is 1. The third-order valence-corrected chi connectivity index (χ3v) is 8.27. The number of pyridine rings is 1. The maximum atomic E-state index is 12.9. The Morgan fingerprint density at radius 2 is 1.91 bits per heavy atom. The molecule has 5 rings (SSSR count). The van der Waals surface area contributed by atoms with Gasteiger partial charge in [-0.15, -0.1) is 0 Å². The van der Waals surface area contributed by atoms with Gasteiger partial charge in [0, 0.05) is 16.8 Å². The van der Waals surface area contributed by atoms with Crippen molar-refractivity contribution >= 4 is 32.7 Å². The van der Waals surface area contributed by atoms with Gasteiger partial charge in [0.15, 0.2) is 0 Å². The molecule has 0 aliphatic heterocycles. The number of nitrogens with one attached hydrogen (secondary N) is 2. The molecular weight excluding hydrogens is 472 g/mol. The van der Waals surface area contributed by atoms with Gasteiger partial charge < -0.3 is 10.1 Å². The van der Waals surface area contributed by atoms with Crippen LogP contribution in [0.25, 0.3) is 22.3 Å². The van der Waals surface area contributed by atoms with E-state index in [-0.39, 0.29) is 5.25 Å². The van der Waals surface area contributed by atoms with Crippen molar-refractivity contribution < 1.29 is 13.5 Å². The molecule has 1 aliphatic carbocycles. The number of H-pyrrole nitrogens is 1. The first-order valence-corrected chi connectivity index (χ1v) is 13.0. The first-order chi connectivity index (χ1) is 16.1. The molecule has 0 radical (unpaired) electrons. The molecule has 0 unspecified atom stereocenters. The summed E-state index contributed by atoms with van der Waals surface area (Å²) in [5.41, 5.74) is 3.17. The van der Waals surface area contributed by atoms with Crippen LogP contribution in [-0.4, -0.2) is 33.7 Å². The lowest BCUT2D eigenvalue weighted by Crippen LogP contribution is -2.32. The number of fused-ring (bicyclic) bond motifs is 1. The Morgan fingerprint density at radius 3 is 2.62 bits per heavy atom. The van der Waals surface area contributed by atoms with Crippen LogP contribution in [0.2, 0.25) is 5.02 Å². The van der Waals surface area contributed by atoms with E-state index in [1.165, 1.54) is 0 Å². The normalized spacial score (nSPS) is 15.5. The third-order valence-electron chi connectivity index (χ3n) is 6.01. The molecule has 0 saturated heterocycles. The zero-order valence-electron chi connectivity index (χ0n) is 18.8. The Morgan fingerprint density at radius 1 is 1.15 bits per heavy atom. The van der Waals surface area contributed by atoms with Gasteiger partial charge >= 0.3 is 0 Å². The van der Waals surface area contributed by atoms with Crippen molar-refractivity contribution in [2.24, 2.45) is 0 Å². The van der Waals surface area contributed by atoms with Crippen molar-refractivity contribution in [3.8, 4) is 11.3 Å². The smallest absolute Gasteiger partial charge is 0.215 e. The maximum absolute atomic E-state index is 12.9. The summed E-state index contributed by atoms with van der Waals surface area (Å²) in [6.07, 6.45) is 2.96. The van der Waals surface area contributed by atoms with Crippen LogP contribution in [0.1, 0.15) is 49.7 Å². The van der Waals surface area contributed by atoms with Crippen molar-refractivity contribution in [2.75, 3.05) is 0 Å². The second-order valence-corrected chi connectivity index (χ2v) is 11.5. The quantitative estimate of drug-likeness (QED) is 0.344. The molecule has 2 aromatic carbocycles. The molecule has 34 heavy (non-hydrogen) atoms. The summed E-state index contributed by atoms with van der Waals surface area (Å²) in [7, 11) is -3.53. The van der Waals surface area contributed by atoms with Crippen LogP contribution in [0.15, 0.2) is 60.8 Å². The second-order valence-electron chi connectivity index (χ2n) is 9.13. The number of imidazole rings is 1. The van der Waals surface area contributed by atoms with Gasteiger partial charge in [0.2, 0.25) is 10.0 Å². The lowest BCUT2D eigenvalue weighted by molar-refractivity contribution is 0.0785. The number of halogens is 1. The molecule has 2 heterocycles. The zero-order chi connectivity index (χ0) is 24.1. The lowest BCUT2D eigenvalue weighted by atomic mass is 9.97. The fourth-order valence-corrected chi connectivity index (χ4v) is 5.73. The van der Waals surface area contributed by atoms with Crippen LogP contribution in [0.4, 0.5) is 0 Å². The number of hydrogen-bond acceptors (Lipinski definition) is 5. The van der Waals surface area contributed by atoms with E-state index in [1.807, 2.05) is 30.3 Å². The molecule has 1 saturated carbocycles. The largest absolute Gasteiger partial charge is 0.386 e. The maximum Gasteiger partial charge on any atom is 0.215 e. The van der Waals surface area contributed by atoms with Gasteiger partial charge in [0.05, 0.1) is 27.6 Å². The van der Waals surface area contributed by atoms with Crippen LogP contribution >= 0.6 is 11.6 Å². The Hall–Kier alpha value is -2.78. The van der Waals surface area contributed by atoms with E-state index in [0.29, 0.717) is 40.5 Å². The van der Waals surface area contributed by atoms with Gasteiger partial charge in [-0.25, -0.2) is 13.4 Å². The van der Waals surface area contributed by atoms with Crippen LogP contribution in [0.5, 0.6) is 0 Å². The second kappa shape index (κ2) is 8.46. The number of aromatic nitrogens is 3. The van der Waals surface area contributed by atoms with Gasteiger partial charge in [-0.2, -0.15) is 4.72 Å². The van der Waals surface area contributed by atoms with Crippen molar-refractivity contribution in [1.82, 2.24) is 19.7 Å². The number of benzene rings is 2. The topological polar surface area (TPSA) is 108 Å². The summed E-state index contributed by atoms with van der Waals surface area (Å²) in [5.74, 6) is 0.443. The third kappa shape index (κ3) is 4.46. The predicted octanol–water partition coefficient (Wildman–Crippen LogP) is 4.68. The van der Waals surface area contributed by atoms with E-state index in [0.717, 1.165) is 16.6 Å². The van der Waals surface area contributed by atoms with Crippen LogP contribution in [-0.2, 0) is 15.6 Å². The fourth-order valence-electron chi connectivity index (χ4n) is 3.97. The summed E-state index contributed by atoms with van der Waals surface area (Å²) >= 11 is 6.47. The lowest BCUT2D eigenvalue weighted by Gasteiger charge is -2.18. The molecule has 1 aliphatic rings. The Balaban J connectivity index is 1.63. The SMILES string of the molecule is CC(C)(O)c1ccnc(-c2cccc3[nH]c([C@@H](NS(=O)(=O)C4CC4)c4ccccc4Cl)nc23)c1. The van der Waals surface area contributed by atoms with Crippen molar-refractivity contribution in [3.63, 3.8) is 0 Å². The molecule has 9 heteroatoms. The predicted molar refractivity (Wildman–Crippen MR) is 133 cm³/mol. The fraction of sp³-hybridized carbons (Fsp3) is 0.280. The highest BCUT2D eigenvalue weighted by Crippen LogP contribution is 2.35. The number of nitrogens with zero attached hydrogens (tertiary/aromatic N) is 2. The minimum Gasteiger partial charge on any atom is -0.386 e. The average Bonchev–Trinajstić information content (AvgIpc) is 3.57. The molecule has 0 bridgehead atoms. The standard InChI is InChI=1S/C25H25ClN4O3S/c1-25(2,31)15-12-13-27-21(14-15)18-7-5-9-20-22(18)29-24(28-20)23(17-6-3-4-8-19(17)26)30-34(32,33)16-10-11-16/h3-9,12-14,16,23,30-31H,10-11H2,1-2H3,(H,28,29)/t23-/m0/s1. The van der Waals surface area contributed by atoms with E-state index in [9.17, 15) is 13.5 Å². The summed E-state index contributed by atoms with van der Waals surface area (Å²) in [6.45, 7) is 3.44. The van der Waals surface area contributed by atoms with Crippen molar-refractivity contribution in [2.45, 2.75) is 43.6 Å². The first-order valence-electron chi connectivity index (χ1n) is 11.1. The van der Waals surface area contributed by atoms with Crippen LogP contribution in [0, 0.1) is 0 Å². The van der Waals surface area contributed by atoms with Crippen LogP contribution in [0.3, 0.4) is 0 Å². The molecule has 1 fully saturated rings. The number of sulfonamides is 1. The van der Waals surface area contributed by atoms with Gasteiger partial charge in [-0.3, -0.25) is 4.98 Å². The van der Waals surface area contributed by atoms with Crippen LogP contribution < -0.4 is 4.72 Å². The number of hydrogen-bond donors (Lipinski definition) is 3. The monoisotopic (exact) mass is 496 g/mol. The Kier molecular flexibility index (Phi) is 5.72. The van der Waals surface area contributed by atoms with Gasteiger partial charge in [0.1, 0.15) is 11.9 Å². The van der Waals surface area contributed by atoms with Gasteiger partial charge in [-0.05, 0) is 62.1 Å². The highest BCUT2D eigenvalue weighted by atomic mass is 35.5. The number of aromatic amines is 1. The molecule has 1 atom stereocenters. The summed E-state index contributed by atoms with van der Waals surface area (Å²) in [4.78, 5) is 12.6. The highest BCUT2D eigenvalue weighted by molar-refractivity contribution is 7.90. The van der Waals surface area contributed by atoms with E-state index in [4.69, 9.17) is 16.6 Å². The zero-order valence-corrected chi connectivity index (χ0v) is 20.4. The molecule has 3 N–H and O–H groups in total. The molecule has 2 aromatic heterocycles. The molecule has 0 spiro atoms. The average molecular weight is 497 g/mol. The van der Waals surface area contributed by atoms with E-state index < -0.39 is 21.7 Å². The summed E-state index contributed by atoms with van der Waals surface area (Å²) in [6, 6.07) is 15.7. The minimum atomic E-state index is -3.53. The van der Waals surface area contributed by atoms with E-state index in [1.54, 1.807) is 44.3 Å². The van der Waals surface area contributed by atoms with Gasteiger partial charge in [0.25, 0.3) is 0 Å². The first kappa shape index (κ1) is 23.0. The highest BCUT2D eigenvalue weighted by Gasteiger charge is 2.38. The van der Waals surface area contributed by atoms with E-state index >= 15 is 0 Å². The molecule has 176 valence electrons. The minimum absolute atomic E-state index is 0.383. The van der Waals surface area contributed by atoms with Crippen molar-refractivity contribution in [3.05, 3.63) is 82.8 Å². The Bertz CT molecular complexity index is 1470. The van der Waals surface area contributed by atoms with Crippen molar-refractivity contribution in [1.29, 1.82) is 0 Å². The van der Waals surface area contributed by atoms with E-state index in [2.05, 4.69) is 14.7 Å². The molecule has 0 amide bonds. The summed E-state index contributed by atoms with van der Waals surface area (Å²) < 4.78 is 28.6. The molecule has 7 nitrogen and oxygen atoms in total. The summed E-state index contributed by atoms with van der Waals surface area (Å²) in [5, 5.41) is 10.5. The molecular formula is C25H25ClN4O3S. The number of aliphatic hydroxyl groups is 1. The van der Waals surface area contributed by atoms with Gasteiger partial charge in [-0.1, -0.05) is 41.9 Å². The number of rotatable bonds is 7. The molecule has 4 aromatic rings.